The van der Waals surface area contributed by atoms with Crippen molar-refractivity contribution in [2.24, 2.45) is 0 Å². The quantitative estimate of drug-likeness (QED) is 0.740. The summed E-state index contributed by atoms with van der Waals surface area (Å²) >= 11 is 0. The summed E-state index contributed by atoms with van der Waals surface area (Å²) in [5.41, 5.74) is -1.74. The summed E-state index contributed by atoms with van der Waals surface area (Å²) in [7, 11) is 0. The molecule has 0 fully saturated rings. The van der Waals surface area contributed by atoms with Crippen molar-refractivity contribution in [2.75, 3.05) is 6.61 Å². The van der Waals surface area contributed by atoms with Crippen molar-refractivity contribution >= 4 is 5.97 Å². The summed E-state index contributed by atoms with van der Waals surface area (Å²) in [5, 5.41) is 0. The molecule has 7 heteroatoms. The fourth-order valence-corrected chi connectivity index (χ4v) is 1.28. The maximum atomic E-state index is 12.9. The molecule has 94 valence electrons. The lowest BCUT2D eigenvalue weighted by atomic mass is 10.3. The second kappa shape index (κ2) is 5.97. The van der Waals surface area contributed by atoms with E-state index in [1.807, 2.05) is 4.98 Å². The van der Waals surface area contributed by atoms with E-state index in [0.717, 1.165) is 10.8 Å². The lowest BCUT2D eigenvalue weighted by molar-refractivity contribution is -0.143. The van der Waals surface area contributed by atoms with Crippen LogP contribution in [-0.4, -0.2) is 22.1 Å². The number of nitrogens with one attached hydrogen (secondary N) is 1. The minimum atomic E-state index is -1.04. The number of aromatic nitrogens is 2. The summed E-state index contributed by atoms with van der Waals surface area (Å²) in [4.78, 5) is 34.8. The number of nitrogens with zero attached hydrogens (tertiary/aromatic N) is 1. The number of hydrogen-bond acceptors (Lipinski definition) is 4. The third kappa shape index (κ3) is 3.86. The van der Waals surface area contributed by atoms with Gasteiger partial charge in [-0.05, 0) is 13.3 Å². The molecule has 17 heavy (non-hydrogen) atoms. The van der Waals surface area contributed by atoms with Crippen molar-refractivity contribution < 1.29 is 13.9 Å². The van der Waals surface area contributed by atoms with Gasteiger partial charge in [-0.3, -0.25) is 19.1 Å². The summed E-state index contributed by atoms with van der Waals surface area (Å²) < 4.78 is 18.6. The standard InChI is InChI=1S/C10H13FN2O4/c1-2-17-8(14)4-3-5-13-6-7(11)9(15)12-10(13)16/h6H,2-5H2,1H3,(H,12,15,16). The van der Waals surface area contributed by atoms with Gasteiger partial charge in [0, 0.05) is 13.0 Å². The summed E-state index contributed by atoms with van der Waals surface area (Å²) in [6.45, 7) is 2.14. The molecule has 0 aliphatic rings. The molecule has 1 rings (SSSR count). The Labute approximate surface area is 96.0 Å². The van der Waals surface area contributed by atoms with Gasteiger partial charge in [0.1, 0.15) is 0 Å². The summed E-state index contributed by atoms with van der Waals surface area (Å²) in [6.07, 6.45) is 1.30. The van der Waals surface area contributed by atoms with Crippen LogP contribution in [0, 0.1) is 5.82 Å². The molecule has 0 aliphatic carbocycles. The highest BCUT2D eigenvalue weighted by molar-refractivity contribution is 5.69. The third-order valence-electron chi connectivity index (χ3n) is 2.05. The zero-order chi connectivity index (χ0) is 12.8. The van der Waals surface area contributed by atoms with Crippen molar-refractivity contribution in [2.45, 2.75) is 26.3 Å². The summed E-state index contributed by atoms with van der Waals surface area (Å²) in [5.74, 6) is -1.40. The Hall–Kier alpha value is -1.92. The fraction of sp³-hybridized carbons (Fsp3) is 0.500. The number of halogens is 1. The van der Waals surface area contributed by atoms with Gasteiger partial charge in [0.15, 0.2) is 0 Å². The van der Waals surface area contributed by atoms with Crippen molar-refractivity contribution in [3.05, 3.63) is 32.9 Å². The Morgan fingerprint density at radius 1 is 1.53 bits per heavy atom. The molecule has 0 atom stereocenters. The minimum Gasteiger partial charge on any atom is -0.466 e. The molecule has 1 aromatic heterocycles. The first-order chi connectivity index (χ1) is 8.04. The maximum absolute atomic E-state index is 12.9. The average Bonchev–Trinajstić information content (AvgIpc) is 2.26. The zero-order valence-corrected chi connectivity index (χ0v) is 9.36. The molecule has 1 aromatic rings. The van der Waals surface area contributed by atoms with E-state index < -0.39 is 17.1 Å². The van der Waals surface area contributed by atoms with Gasteiger partial charge >= 0.3 is 11.7 Å². The lowest BCUT2D eigenvalue weighted by Gasteiger charge is -2.04. The molecule has 0 unspecified atom stereocenters. The maximum Gasteiger partial charge on any atom is 0.328 e. The number of esters is 1. The molecule has 0 radical (unpaired) electrons. The fourth-order valence-electron chi connectivity index (χ4n) is 1.28. The molecule has 0 saturated carbocycles. The molecule has 1 heterocycles. The number of aromatic amines is 1. The first-order valence-electron chi connectivity index (χ1n) is 5.19. The third-order valence-corrected chi connectivity index (χ3v) is 2.05. The van der Waals surface area contributed by atoms with Crippen LogP contribution in [0.4, 0.5) is 4.39 Å². The van der Waals surface area contributed by atoms with Crippen LogP contribution in [0.1, 0.15) is 19.8 Å². The van der Waals surface area contributed by atoms with Gasteiger partial charge in [0.2, 0.25) is 5.82 Å². The van der Waals surface area contributed by atoms with Gasteiger partial charge in [-0.15, -0.1) is 0 Å². The monoisotopic (exact) mass is 244 g/mol. The van der Waals surface area contributed by atoms with E-state index in [1.54, 1.807) is 6.92 Å². The smallest absolute Gasteiger partial charge is 0.328 e. The van der Waals surface area contributed by atoms with E-state index in [4.69, 9.17) is 4.74 Å². The Kier molecular flexibility index (Phi) is 4.62. The number of H-pyrrole nitrogens is 1. The van der Waals surface area contributed by atoms with E-state index in [0.29, 0.717) is 13.0 Å². The first-order valence-corrected chi connectivity index (χ1v) is 5.19. The molecule has 0 aliphatic heterocycles. The Morgan fingerprint density at radius 2 is 2.24 bits per heavy atom. The number of aryl methyl sites for hydroxylation is 1. The SMILES string of the molecule is CCOC(=O)CCCn1cc(F)c(=O)[nH]c1=O. The van der Waals surface area contributed by atoms with Crippen molar-refractivity contribution in [3.63, 3.8) is 0 Å². The topological polar surface area (TPSA) is 81.2 Å². The van der Waals surface area contributed by atoms with Gasteiger partial charge < -0.3 is 4.74 Å². The molecule has 0 amide bonds. The number of rotatable bonds is 5. The Balaban J connectivity index is 2.58. The van der Waals surface area contributed by atoms with Crippen LogP contribution >= 0.6 is 0 Å². The van der Waals surface area contributed by atoms with E-state index in [9.17, 15) is 18.8 Å². The molecule has 0 aromatic carbocycles. The second-order valence-electron chi connectivity index (χ2n) is 3.34. The molecule has 0 saturated heterocycles. The van der Waals surface area contributed by atoms with Gasteiger partial charge in [0.05, 0.1) is 12.8 Å². The van der Waals surface area contributed by atoms with Gasteiger partial charge in [-0.25, -0.2) is 4.79 Å². The van der Waals surface area contributed by atoms with Gasteiger partial charge in [0.25, 0.3) is 5.56 Å². The van der Waals surface area contributed by atoms with E-state index in [1.165, 1.54) is 0 Å². The van der Waals surface area contributed by atoms with Crippen LogP contribution in [0.3, 0.4) is 0 Å². The number of ether oxygens (including phenoxy) is 1. The molecule has 6 nitrogen and oxygen atoms in total. The van der Waals surface area contributed by atoms with E-state index in [-0.39, 0.29) is 18.9 Å². The Morgan fingerprint density at radius 3 is 2.88 bits per heavy atom. The predicted octanol–water partition coefficient (Wildman–Crippen LogP) is 0.0190. The van der Waals surface area contributed by atoms with Crippen molar-refractivity contribution in [1.82, 2.24) is 9.55 Å². The molecular weight excluding hydrogens is 231 g/mol. The van der Waals surface area contributed by atoms with Gasteiger partial charge in [-0.1, -0.05) is 0 Å². The molecular formula is C10H13FN2O4. The largest absolute Gasteiger partial charge is 0.466 e. The summed E-state index contributed by atoms with van der Waals surface area (Å²) in [6, 6.07) is 0. The molecule has 0 spiro atoms. The highest BCUT2D eigenvalue weighted by Crippen LogP contribution is 1.95. The van der Waals surface area contributed by atoms with Crippen LogP contribution in [0.5, 0.6) is 0 Å². The normalized spacial score (nSPS) is 10.2. The average molecular weight is 244 g/mol. The molecule has 1 N–H and O–H groups in total. The van der Waals surface area contributed by atoms with Crippen molar-refractivity contribution in [1.29, 1.82) is 0 Å². The Bertz CT molecular complexity index is 506. The highest BCUT2D eigenvalue weighted by Gasteiger charge is 2.05. The van der Waals surface area contributed by atoms with E-state index >= 15 is 0 Å². The van der Waals surface area contributed by atoms with Crippen molar-refractivity contribution in [3.8, 4) is 0 Å². The highest BCUT2D eigenvalue weighted by atomic mass is 19.1. The van der Waals surface area contributed by atoms with Crippen LogP contribution in [0.15, 0.2) is 15.8 Å². The first kappa shape index (κ1) is 13.1. The van der Waals surface area contributed by atoms with Crippen LogP contribution < -0.4 is 11.2 Å². The number of hydrogen-bond donors (Lipinski definition) is 1. The number of carbonyl (C=O) groups excluding carboxylic acids is 1. The predicted molar refractivity (Wildman–Crippen MR) is 57.1 cm³/mol. The minimum absolute atomic E-state index is 0.140. The second-order valence-corrected chi connectivity index (χ2v) is 3.34. The van der Waals surface area contributed by atoms with Crippen LogP contribution in [-0.2, 0) is 16.1 Å². The lowest BCUT2D eigenvalue weighted by Crippen LogP contribution is -2.31. The molecule has 0 bridgehead atoms. The van der Waals surface area contributed by atoms with Crippen LogP contribution in [0.2, 0.25) is 0 Å². The van der Waals surface area contributed by atoms with Gasteiger partial charge in [-0.2, -0.15) is 4.39 Å². The van der Waals surface area contributed by atoms with E-state index in [2.05, 4.69) is 0 Å². The number of carbonyl (C=O) groups is 1. The van der Waals surface area contributed by atoms with Crippen LogP contribution in [0.25, 0.3) is 0 Å². The zero-order valence-electron chi connectivity index (χ0n) is 9.36.